The molecule has 7 nitrogen and oxygen atoms in total. The van der Waals surface area contributed by atoms with Crippen LogP contribution in [0.1, 0.15) is 77.2 Å². The smallest absolute Gasteiger partial charge is 0.311 e. The van der Waals surface area contributed by atoms with Gasteiger partial charge in [-0.3, -0.25) is 14.6 Å². The predicted octanol–water partition coefficient (Wildman–Crippen LogP) is 7.32. The molecule has 0 unspecified atom stereocenters. The molecule has 2 aliphatic rings. The molecule has 0 radical (unpaired) electrons. The van der Waals surface area contributed by atoms with E-state index >= 15 is 0 Å². The molecule has 2 aromatic carbocycles. The molecule has 226 valence electrons. The van der Waals surface area contributed by atoms with Gasteiger partial charge in [0, 0.05) is 41.6 Å². The summed E-state index contributed by atoms with van der Waals surface area (Å²) in [5.74, 6) is 1.08. The highest BCUT2D eigenvalue weighted by Gasteiger charge is 2.32. The van der Waals surface area contributed by atoms with Crippen molar-refractivity contribution in [2.24, 2.45) is 11.3 Å². The predicted molar refractivity (Wildman–Crippen MR) is 170 cm³/mol. The molecule has 1 aliphatic heterocycles. The summed E-state index contributed by atoms with van der Waals surface area (Å²) in [6.45, 7) is 15.0. The minimum absolute atomic E-state index is 0.00233. The number of aromatic nitrogens is 2. The molecule has 0 N–H and O–H groups in total. The van der Waals surface area contributed by atoms with Gasteiger partial charge in [-0.2, -0.15) is 0 Å². The summed E-state index contributed by atoms with van der Waals surface area (Å²) >= 11 is 0. The topological polar surface area (TPSA) is 79.7 Å². The molecule has 0 spiro atoms. The zero-order chi connectivity index (χ0) is 30.7. The molecule has 6 rings (SSSR count). The van der Waals surface area contributed by atoms with E-state index in [9.17, 15) is 9.59 Å². The van der Waals surface area contributed by atoms with Crippen LogP contribution in [0.3, 0.4) is 0 Å². The van der Waals surface area contributed by atoms with Crippen LogP contribution < -0.4 is 10.3 Å². The molecule has 2 aromatic heterocycles. The first-order valence-electron chi connectivity index (χ1n) is 15.4. The maximum absolute atomic E-state index is 13.2. The zero-order valence-corrected chi connectivity index (χ0v) is 26.4. The fraction of sp³-hybridized carbons (Fsp3) is 0.472. The summed E-state index contributed by atoms with van der Waals surface area (Å²) in [5.41, 5.74) is 5.58. The van der Waals surface area contributed by atoms with Crippen molar-refractivity contribution in [3.63, 3.8) is 0 Å². The Morgan fingerprint density at radius 3 is 2.56 bits per heavy atom. The van der Waals surface area contributed by atoms with Crippen molar-refractivity contribution in [1.29, 1.82) is 0 Å². The molecule has 43 heavy (non-hydrogen) atoms. The highest BCUT2D eigenvalue weighted by molar-refractivity contribution is 6.07. The van der Waals surface area contributed by atoms with Crippen molar-refractivity contribution in [1.82, 2.24) is 9.55 Å². The average molecular weight is 583 g/mol. The van der Waals surface area contributed by atoms with Gasteiger partial charge in [-0.25, -0.2) is 0 Å². The highest BCUT2D eigenvalue weighted by atomic mass is 16.6. The number of pyridine rings is 2. The van der Waals surface area contributed by atoms with Crippen molar-refractivity contribution in [2.45, 2.75) is 86.0 Å². The molecule has 1 fully saturated rings. The minimum atomic E-state index is -0.646. The van der Waals surface area contributed by atoms with Gasteiger partial charge in [-0.1, -0.05) is 0 Å². The lowest BCUT2D eigenvalue weighted by Gasteiger charge is -2.32. The van der Waals surface area contributed by atoms with Crippen LogP contribution in [0.15, 0.2) is 47.4 Å². The summed E-state index contributed by atoms with van der Waals surface area (Å²) in [6, 6.07) is 11.9. The molecule has 7 heteroatoms. The number of carbonyl (C=O) groups is 1. The Balaban J connectivity index is 1.65. The largest absolute Gasteiger partial charge is 0.493 e. The summed E-state index contributed by atoms with van der Waals surface area (Å²) in [6.07, 6.45) is 4.41. The van der Waals surface area contributed by atoms with E-state index in [1.807, 2.05) is 64.4 Å². The van der Waals surface area contributed by atoms with Crippen molar-refractivity contribution < 1.29 is 19.0 Å². The summed E-state index contributed by atoms with van der Waals surface area (Å²) in [7, 11) is 0. The minimum Gasteiger partial charge on any atom is -0.493 e. The van der Waals surface area contributed by atoms with E-state index in [1.54, 1.807) is 6.07 Å². The van der Waals surface area contributed by atoms with Gasteiger partial charge in [0.05, 0.1) is 28.7 Å². The van der Waals surface area contributed by atoms with Crippen LogP contribution in [0, 0.1) is 18.3 Å². The Morgan fingerprint density at radius 1 is 1.09 bits per heavy atom. The molecule has 1 aliphatic carbocycles. The van der Waals surface area contributed by atoms with Crippen LogP contribution in [-0.4, -0.2) is 34.3 Å². The summed E-state index contributed by atoms with van der Waals surface area (Å²) < 4.78 is 20.6. The van der Waals surface area contributed by atoms with Gasteiger partial charge >= 0.3 is 5.97 Å². The van der Waals surface area contributed by atoms with Crippen molar-refractivity contribution >= 4 is 27.8 Å². The molecule has 1 saturated carbocycles. The number of hydrogen-bond acceptors (Lipinski definition) is 6. The summed E-state index contributed by atoms with van der Waals surface area (Å²) in [4.78, 5) is 31.1. The van der Waals surface area contributed by atoms with E-state index in [-0.39, 0.29) is 18.1 Å². The normalized spacial score (nSPS) is 15.9. The SMILES string of the molecule is Cc1cc2c(ccc(=O)n2CC2CC2)c(-c2ccc3c4c(ccnc24)CCO3)c1[C@@H](COC(=O)C(C)(C)C)OC(C)(C)C. The first-order valence-corrected chi connectivity index (χ1v) is 15.4. The van der Waals surface area contributed by atoms with Gasteiger partial charge in [0.15, 0.2) is 0 Å². The number of esters is 1. The van der Waals surface area contributed by atoms with Crippen LogP contribution in [0.5, 0.6) is 5.75 Å². The van der Waals surface area contributed by atoms with Crippen molar-refractivity contribution in [3.8, 4) is 16.9 Å². The lowest BCUT2D eigenvalue weighted by atomic mass is 9.86. The van der Waals surface area contributed by atoms with E-state index in [1.165, 1.54) is 5.56 Å². The number of fused-ring (bicyclic) bond motifs is 1. The summed E-state index contributed by atoms with van der Waals surface area (Å²) in [5, 5.41) is 1.97. The van der Waals surface area contributed by atoms with Crippen LogP contribution in [0.25, 0.3) is 32.9 Å². The molecule has 3 heterocycles. The monoisotopic (exact) mass is 582 g/mol. The number of carbonyl (C=O) groups excluding carboxylic acids is 1. The molecule has 4 aromatic rings. The molecule has 0 saturated heterocycles. The number of nitrogens with zero attached hydrogens (tertiary/aromatic N) is 2. The zero-order valence-electron chi connectivity index (χ0n) is 26.4. The molecular formula is C36H42N2O5. The van der Waals surface area contributed by atoms with Gasteiger partial charge in [-0.15, -0.1) is 0 Å². The Hall–Kier alpha value is -3.71. The van der Waals surface area contributed by atoms with Gasteiger partial charge in [0.1, 0.15) is 18.5 Å². The fourth-order valence-corrected chi connectivity index (χ4v) is 6.11. The Morgan fingerprint density at radius 2 is 1.86 bits per heavy atom. The second-order valence-corrected chi connectivity index (χ2v) is 14.1. The molecule has 0 bridgehead atoms. The third kappa shape index (κ3) is 5.79. The number of rotatable bonds is 7. The van der Waals surface area contributed by atoms with Crippen LogP contribution in [-0.2, 0) is 27.2 Å². The second kappa shape index (κ2) is 10.8. The maximum atomic E-state index is 13.2. The first kappa shape index (κ1) is 29.4. The average Bonchev–Trinajstić information content (AvgIpc) is 3.76. The van der Waals surface area contributed by atoms with Crippen molar-refractivity contribution in [3.05, 3.63) is 69.6 Å². The standard InChI is InChI=1S/C36H42N2O5/c1-21-18-26-24(11-13-29(39)38(26)19-22-8-9-22)32(25-10-12-27-31-23(15-17-41-27)14-16-37-33(25)31)30(21)28(43-36(5,6)7)20-42-34(40)35(2,3)4/h10-14,16,18,22,28H,8-9,15,17,19-20H2,1-7H3/t28-/m1/s1. The Kier molecular flexibility index (Phi) is 7.36. The van der Waals surface area contributed by atoms with E-state index in [2.05, 4.69) is 25.1 Å². The lowest BCUT2D eigenvalue weighted by molar-refractivity contribution is -0.162. The van der Waals surface area contributed by atoms with E-state index < -0.39 is 17.1 Å². The van der Waals surface area contributed by atoms with Gasteiger partial charge < -0.3 is 18.8 Å². The van der Waals surface area contributed by atoms with Crippen molar-refractivity contribution in [2.75, 3.05) is 13.2 Å². The number of aryl methyl sites for hydroxylation is 1. The van der Waals surface area contributed by atoms with Crippen LogP contribution >= 0.6 is 0 Å². The maximum Gasteiger partial charge on any atom is 0.311 e. The van der Waals surface area contributed by atoms with Gasteiger partial charge in [0.25, 0.3) is 5.56 Å². The third-order valence-electron chi connectivity index (χ3n) is 8.31. The lowest BCUT2D eigenvalue weighted by Crippen LogP contribution is -2.30. The number of benzene rings is 2. The Labute approximate surface area is 253 Å². The number of hydrogen-bond donors (Lipinski definition) is 0. The molecule has 0 amide bonds. The second-order valence-electron chi connectivity index (χ2n) is 14.1. The first-order chi connectivity index (χ1) is 20.3. The fourth-order valence-electron chi connectivity index (χ4n) is 6.11. The van der Waals surface area contributed by atoms with Crippen LogP contribution in [0.2, 0.25) is 0 Å². The third-order valence-corrected chi connectivity index (χ3v) is 8.31. The molecule has 1 atom stereocenters. The van der Waals surface area contributed by atoms with Gasteiger partial charge in [-0.05, 0) is 120 Å². The van der Waals surface area contributed by atoms with Crippen LogP contribution in [0.4, 0.5) is 0 Å². The van der Waals surface area contributed by atoms with E-state index in [0.717, 1.165) is 69.1 Å². The van der Waals surface area contributed by atoms with Gasteiger partial charge in [0.2, 0.25) is 0 Å². The quantitative estimate of drug-likeness (QED) is 0.213. The van der Waals surface area contributed by atoms with E-state index in [0.29, 0.717) is 19.1 Å². The van der Waals surface area contributed by atoms with E-state index in [4.69, 9.17) is 19.2 Å². The molecular weight excluding hydrogens is 540 g/mol. The number of ether oxygens (including phenoxy) is 3. The Bertz CT molecular complexity index is 1780. The highest BCUT2D eigenvalue weighted by Crippen LogP contribution is 2.45.